The number of carbonyl (C=O) groups is 2. The number of hydrogen-bond donors (Lipinski definition) is 3. The molecular weight excluding hydrogens is 352 g/mol. The summed E-state index contributed by atoms with van der Waals surface area (Å²) < 4.78 is 0. The van der Waals surface area contributed by atoms with E-state index in [9.17, 15) is 9.59 Å². The van der Waals surface area contributed by atoms with Crippen LogP contribution in [0.1, 0.15) is 23.0 Å². The van der Waals surface area contributed by atoms with E-state index in [4.69, 9.17) is 0 Å². The molecule has 6 nitrogen and oxygen atoms in total. The van der Waals surface area contributed by atoms with Crippen LogP contribution in [0.4, 0.5) is 17.1 Å². The summed E-state index contributed by atoms with van der Waals surface area (Å²) in [7, 11) is 0. The van der Waals surface area contributed by atoms with Crippen molar-refractivity contribution in [3.05, 3.63) is 84.2 Å². The predicted molar refractivity (Wildman–Crippen MR) is 111 cm³/mol. The Kier molecular flexibility index (Phi) is 6.36. The fraction of sp³-hybridized carbons (Fsp3) is 0.136. The highest BCUT2D eigenvalue weighted by molar-refractivity contribution is 5.93. The van der Waals surface area contributed by atoms with Gasteiger partial charge in [-0.05, 0) is 48.4 Å². The topological polar surface area (TPSA) is 83.1 Å². The Morgan fingerprint density at radius 2 is 1.61 bits per heavy atom. The van der Waals surface area contributed by atoms with Gasteiger partial charge in [-0.25, -0.2) is 0 Å². The van der Waals surface area contributed by atoms with Gasteiger partial charge in [0.15, 0.2) is 0 Å². The fourth-order valence-electron chi connectivity index (χ4n) is 2.69. The van der Waals surface area contributed by atoms with E-state index in [1.165, 1.54) is 12.5 Å². The molecule has 0 bridgehead atoms. The number of hydrogen-bond acceptors (Lipinski definition) is 4. The van der Waals surface area contributed by atoms with Gasteiger partial charge in [0.1, 0.15) is 5.69 Å². The van der Waals surface area contributed by atoms with Crippen LogP contribution in [0.5, 0.6) is 0 Å². The normalized spacial score (nSPS) is 10.2. The molecule has 2 aromatic carbocycles. The molecule has 0 atom stereocenters. The third kappa shape index (κ3) is 5.67. The first-order valence-corrected chi connectivity index (χ1v) is 9.03. The lowest BCUT2D eigenvalue weighted by Gasteiger charge is -2.09. The number of pyridine rings is 1. The van der Waals surface area contributed by atoms with Crippen LogP contribution in [0.15, 0.2) is 72.9 Å². The number of benzene rings is 2. The molecule has 0 unspecified atom stereocenters. The van der Waals surface area contributed by atoms with Crippen molar-refractivity contribution in [3.63, 3.8) is 0 Å². The highest BCUT2D eigenvalue weighted by Crippen LogP contribution is 2.19. The molecule has 0 aliphatic carbocycles. The number of carbonyl (C=O) groups excluding carboxylic acids is 2. The van der Waals surface area contributed by atoms with Gasteiger partial charge in [-0.2, -0.15) is 0 Å². The first kappa shape index (κ1) is 19.1. The van der Waals surface area contributed by atoms with Crippen LogP contribution in [0.25, 0.3) is 0 Å². The van der Waals surface area contributed by atoms with Gasteiger partial charge in [0.05, 0.1) is 0 Å². The molecule has 3 N–H and O–H groups in total. The third-order valence-corrected chi connectivity index (χ3v) is 4.03. The molecular formula is C22H22N4O2. The molecule has 0 radical (unpaired) electrons. The molecule has 0 saturated carbocycles. The first-order chi connectivity index (χ1) is 13.6. The van der Waals surface area contributed by atoms with Crippen molar-refractivity contribution in [3.8, 4) is 0 Å². The van der Waals surface area contributed by atoms with Crippen LogP contribution in [0, 0.1) is 0 Å². The molecule has 142 valence electrons. The van der Waals surface area contributed by atoms with Crippen molar-refractivity contribution in [2.45, 2.75) is 13.3 Å². The Balaban J connectivity index is 1.57. The summed E-state index contributed by atoms with van der Waals surface area (Å²) in [6, 6.07) is 20.8. The van der Waals surface area contributed by atoms with Gasteiger partial charge in [-0.15, -0.1) is 0 Å². The van der Waals surface area contributed by atoms with E-state index in [-0.39, 0.29) is 11.8 Å². The van der Waals surface area contributed by atoms with Crippen LogP contribution in [-0.2, 0) is 11.2 Å². The van der Waals surface area contributed by atoms with Crippen molar-refractivity contribution < 1.29 is 9.59 Å². The van der Waals surface area contributed by atoms with Crippen LogP contribution >= 0.6 is 0 Å². The van der Waals surface area contributed by atoms with Gasteiger partial charge in [0.25, 0.3) is 5.91 Å². The average molecular weight is 374 g/mol. The number of rotatable bonds is 7. The Labute approximate surface area is 164 Å². The van der Waals surface area contributed by atoms with Crippen molar-refractivity contribution in [1.82, 2.24) is 10.3 Å². The molecule has 2 amide bonds. The number of amides is 2. The van der Waals surface area contributed by atoms with Gasteiger partial charge in [-0.1, -0.05) is 30.3 Å². The van der Waals surface area contributed by atoms with E-state index >= 15 is 0 Å². The van der Waals surface area contributed by atoms with Gasteiger partial charge < -0.3 is 16.0 Å². The quantitative estimate of drug-likeness (QED) is 0.588. The van der Waals surface area contributed by atoms with E-state index in [1.807, 2.05) is 54.6 Å². The summed E-state index contributed by atoms with van der Waals surface area (Å²) in [6.45, 7) is 2.02. The van der Waals surface area contributed by atoms with Crippen LogP contribution in [0.3, 0.4) is 0 Å². The minimum Gasteiger partial charge on any atom is -0.355 e. The molecule has 28 heavy (non-hydrogen) atoms. The minimum atomic E-state index is -0.208. The molecule has 0 saturated heterocycles. The van der Waals surface area contributed by atoms with Crippen LogP contribution in [-0.4, -0.2) is 23.3 Å². The van der Waals surface area contributed by atoms with Gasteiger partial charge >= 0.3 is 0 Å². The highest BCUT2D eigenvalue weighted by Gasteiger charge is 2.08. The van der Waals surface area contributed by atoms with Gasteiger partial charge in [0, 0.05) is 36.7 Å². The standard InChI is InChI=1S/C22H22N4O2/c1-16(27)25-18-7-9-19(10-8-18)26-20-12-14-23-21(15-20)22(28)24-13-11-17-5-3-2-4-6-17/h2-10,12,14-15H,11,13H2,1H3,(H,23,26)(H,24,28)(H,25,27). The largest absolute Gasteiger partial charge is 0.355 e. The second-order valence-corrected chi connectivity index (χ2v) is 6.30. The molecule has 1 aromatic heterocycles. The fourth-order valence-corrected chi connectivity index (χ4v) is 2.69. The second kappa shape index (κ2) is 9.32. The van der Waals surface area contributed by atoms with Crippen molar-refractivity contribution in [2.24, 2.45) is 0 Å². The Morgan fingerprint density at radius 1 is 0.893 bits per heavy atom. The lowest BCUT2D eigenvalue weighted by Crippen LogP contribution is -2.26. The lowest BCUT2D eigenvalue weighted by atomic mass is 10.1. The number of nitrogens with zero attached hydrogens (tertiary/aromatic N) is 1. The predicted octanol–water partition coefficient (Wildman–Crippen LogP) is 3.76. The Hall–Kier alpha value is -3.67. The lowest BCUT2D eigenvalue weighted by molar-refractivity contribution is -0.114. The zero-order valence-corrected chi connectivity index (χ0v) is 15.6. The minimum absolute atomic E-state index is 0.113. The second-order valence-electron chi connectivity index (χ2n) is 6.30. The molecule has 1 heterocycles. The SMILES string of the molecule is CC(=O)Nc1ccc(Nc2ccnc(C(=O)NCCc3ccccc3)c2)cc1. The van der Waals surface area contributed by atoms with Gasteiger partial charge in [0.2, 0.25) is 5.91 Å². The maximum atomic E-state index is 12.3. The summed E-state index contributed by atoms with van der Waals surface area (Å²) in [5.41, 5.74) is 3.86. The van der Waals surface area contributed by atoms with E-state index in [2.05, 4.69) is 20.9 Å². The molecule has 6 heteroatoms. The van der Waals surface area contributed by atoms with Crippen molar-refractivity contribution in [2.75, 3.05) is 17.2 Å². The molecule has 3 rings (SSSR count). The highest BCUT2D eigenvalue weighted by atomic mass is 16.2. The molecule has 3 aromatic rings. The van der Waals surface area contributed by atoms with E-state index < -0.39 is 0 Å². The Bertz CT molecular complexity index is 940. The van der Waals surface area contributed by atoms with Crippen molar-refractivity contribution >= 4 is 28.9 Å². The third-order valence-electron chi connectivity index (χ3n) is 4.03. The maximum Gasteiger partial charge on any atom is 0.269 e. The molecule has 0 aliphatic heterocycles. The maximum absolute atomic E-state index is 12.3. The van der Waals surface area contributed by atoms with Gasteiger partial charge in [-0.3, -0.25) is 14.6 Å². The summed E-state index contributed by atoms with van der Waals surface area (Å²) >= 11 is 0. The summed E-state index contributed by atoms with van der Waals surface area (Å²) in [5.74, 6) is -0.321. The zero-order valence-electron chi connectivity index (χ0n) is 15.6. The summed E-state index contributed by atoms with van der Waals surface area (Å²) in [4.78, 5) is 27.6. The Morgan fingerprint density at radius 3 is 2.32 bits per heavy atom. The zero-order chi connectivity index (χ0) is 19.8. The van der Waals surface area contributed by atoms with E-state index in [0.29, 0.717) is 12.2 Å². The van der Waals surface area contributed by atoms with E-state index in [0.717, 1.165) is 23.5 Å². The smallest absolute Gasteiger partial charge is 0.269 e. The van der Waals surface area contributed by atoms with Crippen molar-refractivity contribution in [1.29, 1.82) is 0 Å². The first-order valence-electron chi connectivity index (χ1n) is 9.03. The molecule has 0 aliphatic rings. The van der Waals surface area contributed by atoms with Crippen LogP contribution in [0.2, 0.25) is 0 Å². The number of anilines is 3. The summed E-state index contributed by atoms with van der Waals surface area (Å²) in [6.07, 6.45) is 2.37. The van der Waals surface area contributed by atoms with Crippen LogP contribution < -0.4 is 16.0 Å². The summed E-state index contributed by atoms with van der Waals surface area (Å²) in [5, 5.41) is 8.85. The monoisotopic (exact) mass is 374 g/mol. The number of nitrogens with one attached hydrogen (secondary N) is 3. The average Bonchev–Trinajstić information content (AvgIpc) is 2.70. The molecule has 0 spiro atoms. The number of aromatic nitrogens is 1. The molecule has 0 fully saturated rings. The van der Waals surface area contributed by atoms with E-state index in [1.54, 1.807) is 18.3 Å².